The second kappa shape index (κ2) is 8.64. The summed E-state index contributed by atoms with van der Waals surface area (Å²) >= 11 is 0. The average molecular weight is 422 g/mol. The molecular weight excluding hydrogens is 400 g/mol. The molecule has 0 aromatic heterocycles. The Morgan fingerprint density at radius 3 is 2.03 bits per heavy atom. The summed E-state index contributed by atoms with van der Waals surface area (Å²) in [5, 5.41) is 0.932. The Kier molecular flexibility index (Phi) is 6.18. The molecule has 0 saturated carbocycles. The maximum Gasteiger partial charge on any atom is 0.534 e. The van der Waals surface area contributed by atoms with Crippen LogP contribution in [0.4, 0.5) is 4.79 Å². The lowest BCUT2D eigenvalue weighted by Crippen LogP contribution is -2.39. The van der Waals surface area contributed by atoms with Gasteiger partial charge in [-0.15, -0.1) is 5.06 Å². The molecular formula is C19H22N2O9. The van der Waals surface area contributed by atoms with Gasteiger partial charge in [-0.25, -0.2) is 9.59 Å². The SMILES string of the molecule is C[C@]1(C(=O)ON2C(=O)CCC2=O)C/C=C/[C@@H](OC(=O)ON2C(=O)CCC2=O)CCC1. The minimum Gasteiger partial charge on any atom is -0.425 e. The molecule has 3 rings (SSSR count). The van der Waals surface area contributed by atoms with Gasteiger partial charge in [0.15, 0.2) is 0 Å². The molecule has 0 aromatic carbocycles. The van der Waals surface area contributed by atoms with Crippen LogP contribution in [0.2, 0.25) is 0 Å². The van der Waals surface area contributed by atoms with Crippen LogP contribution in [-0.4, -0.2) is 52.0 Å². The zero-order valence-corrected chi connectivity index (χ0v) is 16.5. The molecule has 3 aliphatic rings. The summed E-state index contributed by atoms with van der Waals surface area (Å²) in [6.45, 7) is 1.67. The summed E-state index contributed by atoms with van der Waals surface area (Å²) in [6, 6.07) is 0. The first-order valence-corrected chi connectivity index (χ1v) is 9.69. The van der Waals surface area contributed by atoms with Crippen LogP contribution in [0.1, 0.15) is 58.3 Å². The van der Waals surface area contributed by atoms with Crippen LogP contribution < -0.4 is 0 Å². The monoisotopic (exact) mass is 422 g/mol. The van der Waals surface area contributed by atoms with Crippen molar-refractivity contribution in [2.24, 2.45) is 5.41 Å². The summed E-state index contributed by atoms with van der Waals surface area (Å²) in [4.78, 5) is 80.4. The molecule has 0 bridgehead atoms. The number of nitrogens with zero attached hydrogens (tertiary/aromatic N) is 2. The first kappa shape index (κ1) is 21.5. The van der Waals surface area contributed by atoms with E-state index in [1.165, 1.54) is 0 Å². The molecule has 30 heavy (non-hydrogen) atoms. The van der Waals surface area contributed by atoms with E-state index in [4.69, 9.17) is 9.57 Å². The van der Waals surface area contributed by atoms with Crippen LogP contribution in [0.25, 0.3) is 0 Å². The molecule has 1 aliphatic carbocycles. The molecule has 0 unspecified atom stereocenters. The van der Waals surface area contributed by atoms with Gasteiger partial charge in [0, 0.05) is 25.7 Å². The normalized spacial score (nSPS) is 28.2. The van der Waals surface area contributed by atoms with Gasteiger partial charge in [0.2, 0.25) is 0 Å². The second-order valence-corrected chi connectivity index (χ2v) is 7.63. The van der Waals surface area contributed by atoms with Crippen LogP contribution >= 0.6 is 0 Å². The maximum absolute atomic E-state index is 12.6. The maximum atomic E-state index is 12.6. The zero-order chi connectivity index (χ0) is 21.9. The van der Waals surface area contributed by atoms with Crippen molar-refractivity contribution in [3.8, 4) is 0 Å². The van der Waals surface area contributed by atoms with Crippen LogP contribution in [0.15, 0.2) is 12.2 Å². The largest absolute Gasteiger partial charge is 0.534 e. The van der Waals surface area contributed by atoms with E-state index in [-0.39, 0.29) is 32.1 Å². The predicted molar refractivity (Wildman–Crippen MR) is 95.3 cm³/mol. The van der Waals surface area contributed by atoms with E-state index < -0.39 is 47.3 Å². The molecule has 2 heterocycles. The molecule has 11 nitrogen and oxygen atoms in total. The van der Waals surface area contributed by atoms with Crippen molar-refractivity contribution in [3.05, 3.63) is 12.2 Å². The van der Waals surface area contributed by atoms with Crippen LogP contribution in [0, 0.1) is 5.41 Å². The molecule has 0 spiro atoms. The van der Waals surface area contributed by atoms with Crippen molar-refractivity contribution in [2.45, 2.75) is 64.4 Å². The minimum absolute atomic E-state index is 0.0151. The first-order chi connectivity index (χ1) is 14.2. The van der Waals surface area contributed by atoms with E-state index in [1.54, 1.807) is 19.1 Å². The van der Waals surface area contributed by atoms with Gasteiger partial charge in [0.1, 0.15) is 6.10 Å². The number of carbonyl (C=O) groups is 6. The quantitative estimate of drug-likeness (QED) is 0.373. The van der Waals surface area contributed by atoms with Gasteiger partial charge in [-0.3, -0.25) is 24.0 Å². The van der Waals surface area contributed by atoms with E-state index in [0.29, 0.717) is 29.4 Å². The summed E-state index contributed by atoms with van der Waals surface area (Å²) in [7, 11) is 0. The third-order valence-electron chi connectivity index (χ3n) is 5.23. The molecule has 2 aliphatic heterocycles. The number of rotatable bonds is 4. The van der Waals surface area contributed by atoms with E-state index in [2.05, 4.69) is 4.84 Å². The molecule has 2 atom stereocenters. The van der Waals surface area contributed by atoms with Crippen molar-refractivity contribution in [1.29, 1.82) is 0 Å². The van der Waals surface area contributed by atoms with Gasteiger partial charge in [-0.05, 0) is 38.7 Å². The summed E-state index contributed by atoms with van der Waals surface area (Å²) < 4.78 is 5.14. The number of imide groups is 2. The van der Waals surface area contributed by atoms with Gasteiger partial charge in [-0.1, -0.05) is 11.1 Å². The van der Waals surface area contributed by atoms with Crippen LogP contribution in [0.5, 0.6) is 0 Å². The first-order valence-electron chi connectivity index (χ1n) is 9.69. The van der Waals surface area contributed by atoms with E-state index >= 15 is 0 Å². The van der Waals surface area contributed by atoms with Crippen molar-refractivity contribution < 1.29 is 43.2 Å². The highest BCUT2D eigenvalue weighted by molar-refractivity contribution is 6.02. The van der Waals surface area contributed by atoms with Crippen LogP contribution in [0.3, 0.4) is 0 Å². The Hall–Kier alpha value is -3.24. The van der Waals surface area contributed by atoms with Gasteiger partial charge < -0.3 is 9.57 Å². The molecule has 2 fully saturated rings. The number of carbonyl (C=O) groups excluding carboxylic acids is 6. The zero-order valence-electron chi connectivity index (χ0n) is 16.5. The molecule has 2 saturated heterocycles. The van der Waals surface area contributed by atoms with Gasteiger partial charge >= 0.3 is 12.1 Å². The third-order valence-corrected chi connectivity index (χ3v) is 5.23. The lowest BCUT2D eigenvalue weighted by Gasteiger charge is -2.29. The number of amides is 4. The second-order valence-electron chi connectivity index (χ2n) is 7.63. The fourth-order valence-corrected chi connectivity index (χ4v) is 3.38. The number of hydroxylamine groups is 4. The highest BCUT2D eigenvalue weighted by Crippen LogP contribution is 2.34. The van der Waals surface area contributed by atoms with Crippen molar-refractivity contribution in [3.63, 3.8) is 0 Å². The lowest BCUT2D eigenvalue weighted by atomic mass is 9.80. The lowest BCUT2D eigenvalue weighted by molar-refractivity contribution is -0.205. The number of hydrogen-bond donors (Lipinski definition) is 0. The fraction of sp³-hybridized carbons (Fsp3) is 0.579. The molecule has 4 amide bonds. The molecule has 11 heteroatoms. The fourth-order valence-electron chi connectivity index (χ4n) is 3.38. The summed E-state index contributed by atoms with van der Waals surface area (Å²) in [5.74, 6) is -2.97. The van der Waals surface area contributed by atoms with Crippen molar-refractivity contribution in [2.75, 3.05) is 0 Å². The number of ether oxygens (including phenoxy) is 1. The topological polar surface area (TPSA) is 137 Å². The van der Waals surface area contributed by atoms with Gasteiger partial charge in [-0.2, -0.15) is 0 Å². The Morgan fingerprint density at radius 1 is 0.933 bits per heavy atom. The smallest absolute Gasteiger partial charge is 0.425 e. The highest BCUT2D eigenvalue weighted by atomic mass is 16.8. The predicted octanol–water partition coefficient (Wildman–Crippen LogP) is 1.32. The Bertz CT molecular complexity index is 789. The van der Waals surface area contributed by atoms with E-state index in [0.717, 1.165) is 0 Å². The summed E-state index contributed by atoms with van der Waals surface area (Å²) in [6.07, 6.45) is 2.83. The summed E-state index contributed by atoms with van der Waals surface area (Å²) in [5.41, 5.74) is -0.959. The minimum atomic E-state index is -1.16. The Morgan fingerprint density at radius 2 is 1.47 bits per heavy atom. The number of allylic oxidation sites excluding steroid dienone is 1. The van der Waals surface area contributed by atoms with Crippen LogP contribution in [-0.2, 0) is 38.4 Å². The standard InChI is InChI=1S/C19H22N2O9/c1-19(17(26)29-20-13(22)6-7-14(20)23)10-2-4-12(5-3-11-19)28-18(27)30-21-15(24)8-9-16(21)25/h2,4,12H,3,5-11H2,1H3/b4-2+/t12-,19+/m1/s1. The molecule has 0 aromatic rings. The van der Waals surface area contributed by atoms with Crippen molar-refractivity contribution >= 4 is 35.8 Å². The Labute approximate surface area is 171 Å². The average Bonchev–Trinajstić information content (AvgIpc) is 3.16. The highest BCUT2D eigenvalue weighted by Gasteiger charge is 2.40. The van der Waals surface area contributed by atoms with Gasteiger partial charge in [0.05, 0.1) is 5.41 Å². The van der Waals surface area contributed by atoms with E-state index in [1.807, 2.05) is 0 Å². The molecule has 0 N–H and O–H groups in total. The van der Waals surface area contributed by atoms with Crippen molar-refractivity contribution in [1.82, 2.24) is 10.1 Å². The number of hydrogen-bond acceptors (Lipinski definition) is 9. The molecule has 0 radical (unpaired) electrons. The molecule has 162 valence electrons. The third kappa shape index (κ3) is 4.66. The van der Waals surface area contributed by atoms with Gasteiger partial charge in [0.25, 0.3) is 23.6 Å². The Balaban J connectivity index is 1.54. The van der Waals surface area contributed by atoms with E-state index in [9.17, 15) is 28.8 Å².